The first-order valence-corrected chi connectivity index (χ1v) is 7.06. The Labute approximate surface area is 123 Å². The first kappa shape index (κ1) is 15.3. The van der Waals surface area contributed by atoms with Gasteiger partial charge in [0.15, 0.2) is 0 Å². The zero-order valence-corrected chi connectivity index (χ0v) is 12.0. The predicted molar refractivity (Wildman–Crippen MR) is 77.2 cm³/mol. The lowest BCUT2D eigenvalue weighted by Gasteiger charge is -2.35. The summed E-state index contributed by atoms with van der Waals surface area (Å²) >= 11 is 0. The third-order valence-electron chi connectivity index (χ3n) is 3.58. The lowest BCUT2D eigenvalue weighted by Crippen LogP contribution is -2.52. The standard InChI is InChI=1S/C15H20N2O4/c1-2-13-10-21-7-6-17(13)15(20)16-9-11-4-3-5-12(8-11)14(18)19/h3-5,8,13H,2,6-7,9-10H2,1H3,(H,16,20)(H,18,19). The number of nitrogens with one attached hydrogen (secondary N) is 1. The molecule has 114 valence electrons. The molecule has 0 aliphatic carbocycles. The van der Waals surface area contributed by atoms with E-state index in [9.17, 15) is 9.59 Å². The molecule has 1 aliphatic rings. The van der Waals surface area contributed by atoms with Crippen LogP contribution in [0.25, 0.3) is 0 Å². The lowest BCUT2D eigenvalue weighted by molar-refractivity contribution is 0.0112. The van der Waals surface area contributed by atoms with Crippen LogP contribution in [0.3, 0.4) is 0 Å². The number of amides is 2. The van der Waals surface area contributed by atoms with Gasteiger partial charge in [0, 0.05) is 13.1 Å². The van der Waals surface area contributed by atoms with Gasteiger partial charge in [-0.15, -0.1) is 0 Å². The quantitative estimate of drug-likeness (QED) is 0.885. The van der Waals surface area contributed by atoms with Crippen LogP contribution in [-0.4, -0.2) is 47.8 Å². The van der Waals surface area contributed by atoms with E-state index in [1.807, 2.05) is 6.92 Å². The molecule has 0 radical (unpaired) electrons. The average molecular weight is 292 g/mol. The number of carboxylic acids is 1. The molecular weight excluding hydrogens is 272 g/mol. The van der Waals surface area contributed by atoms with Crippen LogP contribution in [0.2, 0.25) is 0 Å². The number of benzene rings is 1. The Morgan fingerprint density at radius 3 is 3.00 bits per heavy atom. The number of carbonyl (C=O) groups excluding carboxylic acids is 1. The van der Waals surface area contributed by atoms with Gasteiger partial charge in [-0.3, -0.25) is 0 Å². The van der Waals surface area contributed by atoms with Crippen molar-refractivity contribution >= 4 is 12.0 Å². The zero-order chi connectivity index (χ0) is 15.2. The topological polar surface area (TPSA) is 78.9 Å². The van der Waals surface area contributed by atoms with E-state index in [1.165, 1.54) is 6.07 Å². The highest BCUT2D eigenvalue weighted by Crippen LogP contribution is 2.11. The van der Waals surface area contributed by atoms with Crippen LogP contribution in [0.5, 0.6) is 0 Å². The number of hydrogen-bond donors (Lipinski definition) is 2. The fourth-order valence-corrected chi connectivity index (χ4v) is 2.35. The molecule has 1 aromatic rings. The summed E-state index contributed by atoms with van der Waals surface area (Å²) in [6.07, 6.45) is 0.849. The van der Waals surface area contributed by atoms with Crippen LogP contribution in [0.15, 0.2) is 24.3 Å². The molecule has 2 rings (SSSR count). The molecule has 1 fully saturated rings. The Kier molecular flexibility index (Phi) is 5.16. The summed E-state index contributed by atoms with van der Waals surface area (Å²) in [4.78, 5) is 24.9. The number of carbonyl (C=O) groups is 2. The molecule has 0 aromatic heterocycles. The van der Waals surface area contributed by atoms with Gasteiger partial charge in [-0.05, 0) is 24.1 Å². The molecule has 6 nitrogen and oxygen atoms in total. The molecule has 1 atom stereocenters. The minimum absolute atomic E-state index is 0.101. The van der Waals surface area contributed by atoms with E-state index in [2.05, 4.69) is 5.32 Å². The number of urea groups is 1. The number of aromatic carboxylic acids is 1. The predicted octanol–water partition coefficient (Wildman–Crippen LogP) is 1.71. The molecule has 0 bridgehead atoms. The van der Waals surface area contributed by atoms with Crippen molar-refractivity contribution in [1.29, 1.82) is 0 Å². The molecule has 21 heavy (non-hydrogen) atoms. The number of nitrogens with zero attached hydrogens (tertiary/aromatic N) is 1. The third-order valence-corrected chi connectivity index (χ3v) is 3.58. The number of carboxylic acid groups (broad SMARTS) is 1. The maximum atomic E-state index is 12.2. The van der Waals surface area contributed by atoms with Crippen LogP contribution >= 0.6 is 0 Å². The van der Waals surface area contributed by atoms with Gasteiger partial charge >= 0.3 is 12.0 Å². The monoisotopic (exact) mass is 292 g/mol. The van der Waals surface area contributed by atoms with Gasteiger partial charge in [0.2, 0.25) is 0 Å². The molecule has 6 heteroatoms. The van der Waals surface area contributed by atoms with E-state index < -0.39 is 5.97 Å². The van der Waals surface area contributed by atoms with Crippen LogP contribution < -0.4 is 5.32 Å². The number of rotatable bonds is 4. The van der Waals surface area contributed by atoms with Crippen molar-refractivity contribution in [3.63, 3.8) is 0 Å². The van der Waals surface area contributed by atoms with Crippen LogP contribution in [0.4, 0.5) is 4.79 Å². The van der Waals surface area contributed by atoms with E-state index in [4.69, 9.17) is 9.84 Å². The smallest absolute Gasteiger partial charge is 0.335 e. The summed E-state index contributed by atoms with van der Waals surface area (Å²) < 4.78 is 5.37. The SMILES string of the molecule is CCC1COCCN1C(=O)NCc1cccc(C(=O)O)c1. The van der Waals surface area contributed by atoms with Gasteiger partial charge in [-0.2, -0.15) is 0 Å². The number of ether oxygens (including phenoxy) is 1. The average Bonchev–Trinajstić information content (AvgIpc) is 2.52. The Morgan fingerprint density at radius 2 is 2.29 bits per heavy atom. The summed E-state index contributed by atoms with van der Waals surface area (Å²) in [7, 11) is 0. The van der Waals surface area contributed by atoms with Gasteiger partial charge in [0.25, 0.3) is 0 Å². The van der Waals surface area contributed by atoms with E-state index in [0.29, 0.717) is 26.3 Å². The third kappa shape index (κ3) is 3.95. The minimum atomic E-state index is -0.970. The second-order valence-corrected chi connectivity index (χ2v) is 4.99. The largest absolute Gasteiger partial charge is 0.478 e. The molecule has 1 saturated heterocycles. The maximum absolute atomic E-state index is 12.2. The normalized spacial score (nSPS) is 18.3. The van der Waals surface area contributed by atoms with E-state index >= 15 is 0 Å². The van der Waals surface area contributed by atoms with Gasteiger partial charge in [-0.1, -0.05) is 19.1 Å². The molecule has 1 unspecified atom stereocenters. The molecule has 0 saturated carbocycles. The van der Waals surface area contributed by atoms with E-state index in [0.717, 1.165) is 12.0 Å². The number of hydrogen-bond acceptors (Lipinski definition) is 3. The minimum Gasteiger partial charge on any atom is -0.478 e. The van der Waals surface area contributed by atoms with Gasteiger partial charge in [-0.25, -0.2) is 9.59 Å². The van der Waals surface area contributed by atoms with Crippen molar-refractivity contribution in [2.24, 2.45) is 0 Å². The Bertz CT molecular complexity index is 518. The van der Waals surface area contributed by atoms with Gasteiger partial charge in [0.1, 0.15) is 0 Å². The summed E-state index contributed by atoms with van der Waals surface area (Å²) in [6, 6.07) is 6.54. The molecular formula is C15H20N2O4. The van der Waals surface area contributed by atoms with Crippen molar-refractivity contribution in [2.75, 3.05) is 19.8 Å². The first-order chi connectivity index (χ1) is 10.1. The van der Waals surface area contributed by atoms with Crippen molar-refractivity contribution in [2.45, 2.75) is 25.9 Å². The zero-order valence-electron chi connectivity index (χ0n) is 12.0. The second-order valence-electron chi connectivity index (χ2n) is 4.99. The van der Waals surface area contributed by atoms with Gasteiger partial charge in [0.05, 0.1) is 24.8 Å². The molecule has 0 spiro atoms. The first-order valence-electron chi connectivity index (χ1n) is 7.06. The highest BCUT2D eigenvalue weighted by molar-refractivity contribution is 5.87. The fourth-order valence-electron chi connectivity index (χ4n) is 2.35. The van der Waals surface area contributed by atoms with Crippen molar-refractivity contribution < 1.29 is 19.4 Å². The van der Waals surface area contributed by atoms with E-state index in [-0.39, 0.29) is 17.6 Å². The summed E-state index contributed by atoms with van der Waals surface area (Å²) in [5.74, 6) is -0.970. The number of morpholine rings is 1. The highest BCUT2D eigenvalue weighted by atomic mass is 16.5. The van der Waals surface area contributed by atoms with Crippen molar-refractivity contribution in [3.05, 3.63) is 35.4 Å². The summed E-state index contributed by atoms with van der Waals surface area (Å²) in [5.41, 5.74) is 0.990. The molecule has 2 N–H and O–H groups in total. The molecule has 1 heterocycles. The maximum Gasteiger partial charge on any atom is 0.335 e. The molecule has 1 aromatic carbocycles. The van der Waals surface area contributed by atoms with Crippen LogP contribution in [0.1, 0.15) is 29.3 Å². The van der Waals surface area contributed by atoms with Gasteiger partial charge < -0.3 is 20.1 Å². The Morgan fingerprint density at radius 1 is 1.48 bits per heavy atom. The molecule has 2 amide bonds. The van der Waals surface area contributed by atoms with Crippen LogP contribution in [0, 0.1) is 0 Å². The lowest BCUT2D eigenvalue weighted by atomic mass is 10.1. The van der Waals surface area contributed by atoms with Crippen molar-refractivity contribution in [1.82, 2.24) is 10.2 Å². The fraction of sp³-hybridized carbons (Fsp3) is 0.467. The van der Waals surface area contributed by atoms with Crippen LogP contribution in [-0.2, 0) is 11.3 Å². The van der Waals surface area contributed by atoms with Crippen molar-refractivity contribution in [3.8, 4) is 0 Å². The highest BCUT2D eigenvalue weighted by Gasteiger charge is 2.25. The molecule has 1 aliphatic heterocycles. The summed E-state index contributed by atoms with van der Waals surface area (Å²) in [6.45, 7) is 4.04. The second kappa shape index (κ2) is 7.08. The van der Waals surface area contributed by atoms with E-state index in [1.54, 1.807) is 23.1 Å². The summed E-state index contributed by atoms with van der Waals surface area (Å²) in [5, 5.41) is 11.8. The Balaban J connectivity index is 1.94. The Hall–Kier alpha value is -2.08.